The molecule has 1 aromatic carbocycles. The van der Waals surface area contributed by atoms with Crippen molar-refractivity contribution in [1.82, 2.24) is 5.32 Å². The van der Waals surface area contributed by atoms with Crippen molar-refractivity contribution in [1.29, 1.82) is 0 Å². The van der Waals surface area contributed by atoms with Crippen molar-refractivity contribution in [3.63, 3.8) is 0 Å². The minimum absolute atomic E-state index is 0.0195. The average molecular weight is 748 g/mol. The Bertz CT molecular complexity index is 805. The van der Waals surface area contributed by atoms with Gasteiger partial charge in [-0.05, 0) is 67.8 Å². The van der Waals surface area contributed by atoms with Gasteiger partial charge in [-0.25, -0.2) is 4.79 Å². The summed E-state index contributed by atoms with van der Waals surface area (Å²) in [7, 11) is 0. The average Bonchev–Trinajstić information content (AvgIpc) is 2.64. The van der Waals surface area contributed by atoms with E-state index in [9.17, 15) is 29.7 Å². The van der Waals surface area contributed by atoms with Crippen LogP contribution in [0, 0.1) is 10.7 Å². The molecule has 0 spiro atoms. The highest BCUT2D eigenvalue weighted by atomic mass is 127. The minimum Gasteiger partial charge on any atom is -0.478 e. The van der Waals surface area contributed by atoms with Gasteiger partial charge < -0.3 is 35.7 Å². The largest absolute Gasteiger partial charge is 0.478 e. The van der Waals surface area contributed by atoms with Crippen LogP contribution < -0.4 is 10.2 Å². The van der Waals surface area contributed by atoms with E-state index in [1.165, 1.54) is 6.92 Å². The molecule has 2 unspecified atom stereocenters. The fourth-order valence-corrected chi connectivity index (χ4v) is 6.98. The Kier molecular flexibility index (Phi) is 10.9. The Balaban J connectivity index is 3.68. The van der Waals surface area contributed by atoms with Crippen LogP contribution >= 0.6 is 67.8 Å². The van der Waals surface area contributed by atoms with Gasteiger partial charge in [-0.2, -0.15) is 0 Å². The molecule has 0 aliphatic heterocycles. The third-order valence-electron chi connectivity index (χ3n) is 3.70. The number of aliphatic hydroxyl groups is 4. The summed E-state index contributed by atoms with van der Waals surface area (Å²) in [5.74, 6) is -2.53. The van der Waals surface area contributed by atoms with Crippen LogP contribution in [0.1, 0.15) is 27.6 Å². The van der Waals surface area contributed by atoms with E-state index in [4.69, 9.17) is 10.2 Å². The molecule has 2 amide bonds. The zero-order valence-electron chi connectivity index (χ0n) is 15.0. The van der Waals surface area contributed by atoms with Crippen LogP contribution in [0.25, 0.3) is 0 Å². The van der Waals surface area contributed by atoms with Crippen molar-refractivity contribution in [2.24, 2.45) is 0 Å². The van der Waals surface area contributed by atoms with E-state index in [2.05, 4.69) is 5.32 Å². The van der Waals surface area contributed by atoms with E-state index in [0.717, 1.165) is 4.90 Å². The number of carbonyl (C=O) groups excluding carboxylic acids is 2. The molecule has 0 bridgehead atoms. The number of aliphatic hydroxyl groups excluding tert-OH is 4. The first-order chi connectivity index (χ1) is 13.5. The van der Waals surface area contributed by atoms with Crippen molar-refractivity contribution in [3.8, 4) is 0 Å². The third-order valence-corrected chi connectivity index (χ3v) is 6.88. The Hall–Kier alpha value is -0.340. The molecule has 1 rings (SSSR count). The molecule has 13 heteroatoms. The topological polar surface area (TPSA) is 168 Å². The summed E-state index contributed by atoms with van der Waals surface area (Å²) in [6.07, 6.45) is -2.46. The number of carboxylic acids is 1. The summed E-state index contributed by atoms with van der Waals surface area (Å²) in [6, 6.07) is 0. The molecule has 0 saturated heterocycles. The molecule has 2 atom stereocenters. The number of nitrogens with one attached hydrogen (secondary N) is 1. The van der Waals surface area contributed by atoms with Crippen LogP contribution in [-0.4, -0.2) is 81.8 Å². The predicted octanol–water partition coefficient (Wildman–Crippen LogP) is -0.0123. The number of halogens is 3. The van der Waals surface area contributed by atoms with E-state index in [1.807, 2.05) is 22.6 Å². The molecular formula is C16H19I3N2O8. The first-order valence-electron chi connectivity index (χ1n) is 8.05. The summed E-state index contributed by atoms with van der Waals surface area (Å²) in [5, 5.41) is 49.4. The number of hydrogen-bond donors (Lipinski definition) is 6. The zero-order valence-corrected chi connectivity index (χ0v) is 21.5. The molecule has 0 saturated carbocycles. The van der Waals surface area contributed by atoms with Gasteiger partial charge in [0.25, 0.3) is 5.91 Å². The van der Waals surface area contributed by atoms with Gasteiger partial charge in [0, 0.05) is 17.0 Å². The summed E-state index contributed by atoms with van der Waals surface area (Å²) >= 11 is 5.29. The van der Waals surface area contributed by atoms with E-state index in [0.29, 0.717) is 0 Å². The normalized spacial score (nSPS) is 13.0. The monoisotopic (exact) mass is 748 g/mol. The number of carbonyl (C=O) groups is 3. The third kappa shape index (κ3) is 6.57. The second-order valence-corrected chi connectivity index (χ2v) is 9.09. The van der Waals surface area contributed by atoms with Crippen LogP contribution in [0.4, 0.5) is 5.69 Å². The van der Waals surface area contributed by atoms with Gasteiger partial charge in [-0.1, -0.05) is 0 Å². The quantitative estimate of drug-likeness (QED) is 0.192. The molecule has 0 fully saturated rings. The zero-order chi connectivity index (χ0) is 22.5. The Morgan fingerprint density at radius 1 is 0.966 bits per heavy atom. The number of hydrogen-bond acceptors (Lipinski definition) is 7. The van der Waals surface area contributed by atoms with Crippen molar-refractivity contribution in [2.45, 2.75) is 19.1 Å². The van der Waals surface area contributed by atoms with Crippen LogP contribution in [0.15, 0.2) is 0 Å². The molecule has 162 valence electrons. The number of amides is 2. The fraction of sp³-hybridized carbons (Fsp3) is 0.438. The first kappa shape index (κ1) is 26.7. The van der Waals surface area contributed by atoms with Gasteiger partial charge in [-0.15, -0.1) is 0 Å². The number of anilines is 1. The smallest absolute Gasteiger partial charge is 0.337 e. The lowest BCUT2D eigenvalue weighted by Crippen LogP contribution is -2.40. The molecule has 1 aromatic rings. The molecule has 10 nitrogen and oxygen atoms in total. The molecule has 0 aliphatic carbocycles. The summed E-state index contributed by atoms with van der Waals surface area (Å²) < 4.78 is 0.587. The van der Waals surface area contributed by atoms with Crippen LogP contribution in [0.5, 0.6) is 0 Å². The second kappa shape index (κ2) is 11.9. The van der Waals surface area contributed by atoms with Crippen molar-refractivity contribution < 1.29 is 39.9 Å². The SMILES string of the molecule is CC(=O)N(CC(O)CO)c1c(I)c(C(=O)O)c(I)c(C(=O)NCC(O)CO)c1I. The molecule has 0 radical (unpaired) electrons. The van der Waals surface area contributed by atoms with Gasteiger partial charge in [0.05, 0.1) is 55.9 Å². The van der Waals surface area contributed by atoms with Crippen LogP contribution in [0.2, 0.25) is 0 Å². The lowest BCUT2D eigenvalue weighted by atomic mass is 10.1. The number of rotatable bonds is 9. The maximum absolute atomic E-state index is 12.7. The Morgan fingerprint density at radius 2 is 1.48 bits per heavy atom. The number of nitrogens with zero attached hydrogens (tertiary/aromatic N) is 1. The highest BCUT2D eigenvalue weighted by Crippen LogP contribution is 2.38. The molecular weight excluding hydrogens is 729 g/mol. The number of aromatic carboxylic acids is 1. The molecule has 6 N–H and O–H groups in total. The van der Waals surface area contributed by atoms with E-state index in [1.54, 1.807) is 45.2 Å². The van der Waals surface area contributed by atoms with E-state index < -0.39 is 43.2 Å². The van der Waals surface area contributed by atoms with Gasteiger partial charge in [0.15, 0.2) is 0 Å². The van der Waals surface area contributed by atoms with Gasteiger partial charge in [0.2, 0.25) is 5.91 Å². The maximum atomic E-state index is 12.7. The lowest BCUT2D eigenvalue weighted by Gasteiger charge is -2.28. The lowest BCUT2D eigenvalue weighted by molar-refractivity contribution is -0.117. The summed E-state index contributed by atoms with van der Waals surface area (Å²) in [5.41, 5.74) is -0.0926. The van der Waals surface area contributed by atoms with Gasteiger partial charge in [-0.3, -0.25) is 9.59 Å². The molecule has 0 aromatic heterocycles. The van der Waals surface area contributed by atoms with Gasteiger partial charge >= 0.3 is 5.97 Å². The minimum atomic E-state index is -1.31. The van der Waals surface area contributed by atoms with Crippen molar-refractivity contribution >= 4 is 91.2 Å². The molecule has 0 heterocycles. The fourth-order valence-electron chi connectivity index (χ4n) is 2.28. The van der Waals surface area contributed by atoms with E-state index in [-0.39, 0.29) is 40.6 Å². The van der Waals surface area contributed by atoms with Crippen LogP contribution in [-0.2, 0) is 4.79 Å². The maximum Gasteiger partial charge on any atom is 0.337 e. The Labute approximate surface area is 207 Å². The first-order valence-corrected chi connectivity index (χ1v) is 11.3. The van der Waals surface area contributed by atoms with Crippen LogP contribution in [0.3, 0.4) is 0 Å². The van der Waals surface area contributed by atoms with Crippen molar-refractivity contribution in [2.75, 3.05) is 31.2 Å². The highest BCUT2D eigenvalue weighted by molar-refractivity contribution is 14.1. The standard InChI is InChI=1S/C16H19I3N2O8/c1-6(24)21(3-8(26)5-23)14-12(18)9(15(27)20-2-7(25)4-22)11(17)10(13(14)19)16(28)29/h7-8,22-23,25-26H,2-5H2,1H3,(H,20,27)(H,28,29). The van der Waals surface area contributed by atoms with Gasteiger partial charge in [0.1, 0.15) is 0 Å². The Morgan fingerprint density at radius 3 is 1.93 bits per heavy atom. The van der Waals surface area contributed by atoms with E-state index >= 15 is 0 Å². The highest BCUT2D eigenvalue weighted by Gasteiger charge is 2.31. The molecule has 29 heavy (non-hydrogen) atoms. The number of carboxylic acid groups (broad SMARTS) is 1. The summed E-state index contributed by atoms with van der Waals surface area (Å²) in [6.45, 7) is -0.526. The summed E-state index contributed by atoms with van der Waals surface area (Å²) in [4.78, 5) is 37.9. The van der Waals surface area contributed by atoms with Crippen molar-refractivity contribution in [3.05, 3.63) is 21.8 Å². The molecule has 0 aliphatic rings. The number of benzene rings is 1. The predicted molar refractivity (Wildman–Crippen MR) is 128 cm³/mol. The second-order valence-electron chi connectivity index (χ2n) is 5.86.